The summed E-state index contributed by atoms with van der Waals surface area (Å²) in [5, 5.41) is 5.08. The molecule has 0 fully saturated rings. The van der Waals surface area contributed by atoms with Crippen LogP contribution in [0.2, 0.25) is 5.15 Å². The Bertz CT molecular complexity index is 1040. The van der Waals surface area contributed by atoms with E-state index in [4.69, 9.17) is 16.3 Å². The number of nitrogens with zero attached hydrogens (tertiary/aromatic N) is 3. The Kier molecular flexibility index (Phi) is 6.26. The predicted octanol–water partition coefficient (Wildman–Crippen LogP) is 5.52. The van der Waals surface area contributed by atoms with Gasteiger partial charge in [0.05, 0.1) is 6.54 Å². The SMILES string of the molecule is Clc1nc(SCc2ccccc2)nc2nc(NCCOc3ccccc3)sc12. The van der Waals surface area contributed by atoms with Gasteiger partial charge in [0.2, 0.25) is 0 Å². The summed E-state index contributed by atoms with van der Waals surface area (Å²) in [6.07, 6.45) is 0. The molecule has 1 N–H and O–H groups in total. The summed E-state index contributed by atoms with van der Waals surface area (Å²) in [5.74, 6) is 1.64. The molecule has 2 heterocycles. The molecule has 4 rings (SSSR count). The maximum atomic E-state index is 6.35. The molecule has 8 heteroatoms. The molecule has 0 unspecified atom stereocenters. The third-order valence-corrected chi connectivity index (χ3v) is 6.11. The third-order valence-electron chi connectivity index (χ3n) is 3.79. The van der Waals surface area contributed by atoms with Crippen molar-refractivity contribution in [2.75, 3.05) is 18.5 Å². The number of rotatable bonds is 8. The van der Waals surface area contributed by atoms with E-state index in [1.807, 2.05) is 48.5 Å². The highest BCUT2D eigenvalue weighted by Crippen LogP contribution is 2.32. The molecule has 0 aliphatic carbocycles. The molecule has 0 amide bonds. The lowest BCUT2D eigenvalue weighted by atomic mass is 10.2. The van der Waals surface area contributed by atoms with Gasteiger partial charge in [-0.15, -0.1) is 0 Å². The molecule has 5 nitrogen and oxygen atoms in total. The van der Waals surface area contributed by atoms with Crippen LogP contribution < -0.4 is 10.1 Å². The fourth-order valence-electron chi connectivity index (χ4n) is 2.48. The second-order valence-corrected chi connectivity index (χ2v) is 8.13. The molecule has 28 heavy (non-hydrogen) atoms. The first kappa shape index (κ1) is 19.0. The minimum absolute atomic E-state index is 0.437. The van der Waals surface area contributed by atoms with Crippen LogP contribution in [0, 0.1) is 0 Å². The summed E-state index contributed by atoms with van der Waals surface area (Å²) < 4.78 is 6.46. The Labute approximate surface area is 176 Å². The summed E-state index contributed by atoms with van der Waals surface area (Å²) in [5.41, 5.74) is 1.83. The number of para-hydroxylation sites is 1. The van der Waals surface area contributed by atoms with Gasteiger partial charge in [-0.3, -0.25) is 0 Å². The minimum atomic E-state index is 0.437. The maximum absolute atomic E-state index is 6.35. The van der Waals surface area contributed by atoms with Crippen molar-refractivity contribution in [1.82, 2.24) is 15.0 Å². The normalized spacial score (nSPS) is 10.9. The van der Waals surface area contributed by atoms with E-state index in [0.29, 0.717) is 29.1 Å². The van der Waals surface area contributed by atoms with Gasteiger partial charge >= 0.3 is 0 Å². The molecule has 0 atom stereocenters. The lowest BCUT2D eigenvalue weighted by Gasteiger charge is -2.05. The van der Waals surface area contributed by atoms with E-state index in [1.165, 1.54) is 16.9 Å². The number of aromatic nitrogens is 3. The van der Waals surface area contributed by atoms with Gasteiger partial charge in [0.1, 0.15) is 17.1 Å². The number of thiazole rings is 1. The number of fused-ring (bicyclic) bond motifs is 1. The molecular weight excluding hydrogens is 412 g/mol. The van der Waals surface area contributed by atoms with E-state index in [2.05, 4.69) is 32.4 Å². The van der Waals surface area contributed by atoms with Crippen molar-refractivity contribution in [1.29, 1.82) is 0 Å². The topological polar surface area (TPSA) is 59.9 Å². The van der Waals surface area contributed by atoms with Gasteiger partial charge in [-0.2, -0.15) is 4.98 Å². The highest BCUT2D eigenvalue weighted by atomic mass is 35.5. The molecular formula is C20H17ClN4OS2. The largest absolute Gasteiger partial charge is 0.492 e. The minimum Gasteiger partial charge on any atom is -0.492 e. The molecule has 2 aromatic carbocycles. The van der Waals surface area contributed by atoms with Crippen LogP contribution in [0.4, 0.5) is 5.13 Å². The summed E-state index contributed by atoms with van der Waals surface area (Å²) in [6, 6.07) is 19.9. The van der Waals surface area contributed by atoms with Crippen molar-refractivity contribution in [3.63, 3.8) is 0 Å². The van der Waals surface area contributed by atoms with E-state index in [1.54, 1.807) is 11.8 Å². The van der Waals surface area contributed by atoms with Gasteiger partial charge in [0, 0.05) is 5.75 Å². The smallest absolute Gasteiger partial charge is 0.191 e. The number of benzene rings is 2. The van der Waals surface area contributed by atoms with Crippen molar-refractivity contribution < 1.29 is 4.74 Å². The summed E-state index contributed by atoms with van der Waals surface area (Å²) >= 11 is 9.35. The monoisotopic (exact) mass is 428 g/mol. The van der Waals surface area contributed by atoms with Gasteiger partial charge in [0.15, 0.2) is 21.1 Å². The molecule has 0 aliphatic rings. The number of ether oxygens (including phenoxy) is 1. The molecule has 0 radical (unpaired) electrons. The average molecular weight is 429 g/mol. The van der Waals surface area contributed by atoms with E-state index < -0.39 is 0 Å². The summed E-state index contributed by atoms with van der Waals surface area (Å²) in [7, 11) is 0. The lowest BCUT2D eigenvalue weighted by molar-refractivity contribution is 0.333. The van der Waals surface area contributed by atoms with E-state index >= 15 is 0 Å². The lowest BCUT2D eigenvalue weighted by Crippen LogP contribution is -2.11. The first-order valence-corrected chi connectivity index (χ1v) is 10.9. The van der Waals surface area contributed by atoms with Crippen molar-refractivity contribution in [2.45, 2.75) is 10.9 Å². The third kappa shape index (κ3) is 4.92. The molecule has 0 saturated heterocycles. The fraction of sp³-hybridized carbons (Fsp3) is 0.150. The molecule has 0 saturated carbocycles. The number of hydrogen-bond donors (Lipinski definition) is 1. The number of halogens is 1. The van der Waals surface area contributed by atoms with Crippen molar-refractivity contribution >= 4 is 50.2 Å². The van der Waals surface area contributed by atoms with Crippen LogP contribution in [-0.2, 0) is 5.75 Å². The zero-order valence-electron chi connectivity index (χ0n) is 14.8. The van der Waals surface area contributed by atoms with E-state index in [9.17, 15) is 0 Å². The first-order valence-electron chi connectivity index (χ1n) is 8.70. The second-order valence-electron chi connectivity index (χ2n) is 5.83. The van der Waals surface area contributed by atoms with Crippen molar-refractivity contribution in [3.05, 3.63) is 71.4 Å². The van der Waals surface area contributed by atoms with Crippen molar-refractivity contribution in [2.24, 2.45) is 0 Å². The highest BCUT2D eigenvalue weighted by Gasteiger charge is 2.12. The van der Waals surface area contributed by atoms with Gasteiger partial charge < -0.3 is 10.1 Å². The van der Waals surface area contributed by atoms with Gasteiger partial charge in [-0.1, -0.05) is 83.2 Å². The Balaban J connectivity index is 1.37. The standard InChI is InChI=1S/C20H17ClN4OS2/c21-17-16-18(25-20(23-17)27-13-14-7-3-1-4-8-14)24-19(28-16)22-11-12-26-15-9-5-2-6-10-15/h1-10H,11-13H2,(H,22,23,24,25). The number of nitrogens with one attached hydrogen (secondary N) is 1. The molecule has 4 aromatic rings. The van der Waals surface area contributed by atoms with Crippen LogP contribution >= 0.6 is 34.7 Å². The second kappa shape index (κ2) is 9.23. The number of anilines is 1. The van der Waals surface area contributed by atoms with Gasteiger partial charge in [0.25, 0.3) is 0 Å². The van der Waals surface area contributed by atoms with E-state index in [-0.39, 0.29) is 0 Å². The van der Waals surface area contributed by atoms with Crippen LogP contribution in [0.3, 0.4) is 0 Å². The number of thioether (sulfide) groups is 1. The summed E-state index contributed by atoms with van der Waals surface area (Å²) in [6.45, 7) is 1.17. The van der Waals surface area contributed by atoms with Crippen LogP contribution in [0.25, 0.3) is 10.3 Å². The first-order chi connectivity index (χ1) is 13.8. The summed E-state index contributed by atoms with van der Waals surface area (Å²) in [4.78, 5) is 13.5. The number of hydrogen-bond acceptors (Lipinski definition) is 7. The Morgan fingerprint density at radius 3 is 2.50 bits per heavy atom. The zero-order chi connectivity index (χ0) is 19.2. The van der Waals surface area contributed by atoms with Gasteiger partial charge in [-0.05, 0) is 17.7 Å². The van der Waals surface area contributed by atoms with Crippen LogP contribution in [0.5, 0.6) is 5.75 Å². The zero-order valence-corrected chi connectivity index (χ0v) is 17.2. The van der Waals surface area contributed by atoms with Gasteiger partial charge in [-0.25, -0.2) is 9.97 Å². The average Bonchev–Trinajstić information content (AvgIpc) is 3.15. The molecule has 0 bridgehead atoms. The fourth-order valence-corrected chi connectivity index (χ4v) is 4.42. The predicted molar refractivity (Wildman–Crippen MR) is 117 cm³/mol. The maximum Gasteiger partial charge on any atom is 0.191 e. The van der Waals surface area contributed by atoms with Crippen LogP contribution in [-0.4, -0.2) is 28.1 Å². The molecule has 2 aromatic heterocycles. The molecule has 0 spiro atoms. The highest BCUT2D eigenvalue weighted by molar-refractivity contribution is 7.98. The Morgan fingerprint density at radius 2 is 1.71 bits per heavy atom. The van der Waals surface area contributed by atoms with Crippen molar-refractivity contribution in [3.8, 4) is 5.75 Å². The quantitative estimate of drug-likeness (QED) is 0.172. The van der Waals surface area contributed by atoms with Crippen LogP contribution in [0.1, 0.15) is 5.56 Å². The Hall–Kier alpha value is -2.35. The van der Waals surface area contributed by atoms with E-state index in [0.717, 1.165) is 21.3 Å². The van der Waals surface area contributed by atoms with Crippen LogP contribution in [0.15, 0.2) is 65.8 Å². The molecule has 142 valence electrons. The molecule has 0 aliphatic heterocycles. The Morgan fingerprint density at radius 1 is 0.964 bits per heavy atom.